The van der Waals surface area contributed by atoms with E-state index in [2.05, 4.69) is 5.32 Å². The molecule has 0 aromatic carbocycles. The summed E-state index contributed by atoms with van der Waals surface area (Å²) in [7, 11) is 0. The topological polar surface area (TPSA) is 69.6 Å². The Morgan fingerprint density at radius 1 is 1.41 bits per heavy atom. The van der Waals surface area contributed by atoms with Crippen molar-refractivity contribution in [2.45, 2.75) is 39.2 Å². The largest absolute Gasteiger partial charge is 0.480 e. The minimum absolute atomic E-state index is 0.283. The Hall–Kier alpha value is -1.52. The van der Waals surface area contributed by atoms with Gasteiger partial charge >= 0.3 is 12.0 Å². The highest BCUT2D eigenvalue weighted by Crippen LogP contribution is 2.17. The Morgan fingerprint density at radius 3 is 2.71 bits per heavy atom. The molecule has 1 unspecified atom stereocenters. The second kappa shape index (κ2) is 6.27. The van der Waals surface area contributed by atoms with E-state index in [0.717, 1.165) is 18.4 Å². The summed E-state index contributed by atoms with van der Waals surface area (Å²) in [5, 5.41) is 11.8. The zero-order valence-corrected chi connectivity index (χ0v) is 10.4. The van der Waals surface area contributed by atoms with E-state index >= 15 is 0 Å². The molecule has 2 amide bonds. The van der Waals surface area contributed by atoms with Crippen molar-refractivity contribution in [3.05, 3.63) is 11.6 Å². The molecule has 1 atom stereocenters. The number of hydrogen-bond donors (Lipinski definition) is 2. The average molecular weight is 240 g/mol. The van der Waals surface area contributed by atoms with Crippen LogP contribution in [-0.4, -0.2) is 41.1 Å². The fourth-order valence-corrected chi connectivity index (χ4v) is 1.88. The van der Waals surface area contributed by atoms with Crippen molar-refractivity contribution in [3.8, 4) is 0 Å². The van der Waals surface area contributed by atoms with Crippen LogP contribution in [0.4, 0.5) is 4.79 Å². The van der Waals surface area contributed by atoms with E-state index in [4.69, 9.17) is 5.11 Å². The third-order valence-electron chi connectivity index (χ3n) is 2.81. The summed E-state index contributed by atoms with van der Waals surface area (Å²) in [4.78, 5) is 24.3. The molecule has 1 aliphatic heterocycles. The summed E-state index contributed by atoms with van der Waals surface area (Å²) in [6.07, 6.45) is 4.19. The highest BCUT2D eigenvalue weighted by Gasteiger charge is 2.31. The summed E-state index contributed by atoms with van der Waals surface area (Å²) in [5.74, 6) is -0.915. The first-order valence-electron chi connectivity index (χ1n) is 5.93. The van der Waals surface area contributed by atoms with E-state index in [1.807, 2.05) is 19.9 Å². The van der Waals surface area contributed by atoms with Gasteiger partial charge in [0.2, 0.25) is 0 Å². The fraction of sp³-hybridized carbons (Fsp3) is 0.667. The first-order chi connectivity index (χ1) is 8.02. The van der Waals surface area contributed by atoms with Gasteiger partial charge in [-0.25, -0.2) is 9.59 Å². The number of amides is 2. The molecule has 5 nitrogen and oxygen atoms in total. The number of carbonyl (C=O) groups is 2. The highest BCUT2D eigenvalue weighted by molar-refractivity contribution is 5.82. The molecule has 1 saturated heterocycles. The summed E-state index contributed by atoms with van der Waals surface area (Å²) in [6, 6.07) is -0.954. The van der Waals surface area contributed by atoms with Gasteiger partial charge in [-0.3, -0.25) is 0 Å². The van der Waals surface area contributed by atoms with Crippen LogP contribution in [0.15, 0.2) is 11.6 Å². The first-order valence-corrected chi connectivity index (χ1v) is 5.93. The molecular weight excluding hydrogens is 220 g/mol. The molecule has 96 valence electrons. The van der Waals surface area contributed by atoms with Crippen molar-refractivity contribution in [1.29, 1.82) is 0 Å². The van der Waals surface area contributed by atoms with Crippen molar-refractivity contribution in [2.75, 3.05) is 13.1 Å². The third kappa shape index (κ3) is 4.09. The number of carbonyl (C=O) groups excluding carboxylic acids is 1. The molecule has 1 heterocycles. The third-order valence-corrected chi connectivity index (χ3v) is 2.81. The van der Waals surface area contributed by atoms with Gasteiger partial charge in [0.05, 0.1) is 0 Å². The number of allylic oxidation sites excluding steroid dienone is 1. The first kappa shape index (κ1) is 13.5. The molecule has 0 bridgehead atoms. The van der Waals surface area contributed by atoms with Crippen LogP contribution in [0.3, 0.4) is 0 Å². The van der Waals surface area contributed by atoms with Crippen molar-refractivity contribution in [1.82, 2.24) is 10.2 Å². The van der Waals surface area contributed by atoms with Gasteiger partial charge in [-0.15, -0.1) is 0 Å². The monoisotopic (exact) mass is 240 g/mol. The molecule has 17 heavy (non-hydrogen) atoms. The van der Waals surface area contributed by atoms with Gasteiger partial charge < -0.3 is 15.3 Å². The maximum atomic E-state index is 11.8. The lowest BCUT2D eigenvalue weighted by molar-refractivity contribution is -0.143. The lowest BCUT2D eigenvalue weighted by atomic mass is 10.0. The normalized spacial score (nSPS) is 19.6. The number of urea groups is 1. The molecule has 5 heteroatoms. The Labute approximate surface area is 101 Å². The SMILES string of the molecule is CC(C)=CCNC(=O)N1CCCCC1C(=O)O. The van der Waals surface area contributed by atoms with Crippen LogP contribution in [0, 0.1) is 0 Å². The molecule has 0 radical (unpaired) electrons. The quantitative estimate of drug-likeness (QED) is 0.736. The van der Waals surface area contributed by atoms with E-state index < -0.39 is 12.0 Å². The predicted molar refractivity (Wildman–Crippen MR) is 64.8 cm³/mol. The number of hydrogen-bond acceptors (Lipinski definition) is 2. The summed E-state index contributed by atoms with van der Waals surface area (Å²) < 4.78 is 0. The van der Waals surface area contributed by atoms with E-state index in [0.29, 0.717) is 19.5 Å². The molecule has 0 aliphatic carbocycles. The maximum Gasteiger partial charge on any atom is 0.326 e. The molecule has 1 fully saturated rings. The molecule has 0 aromatic rings. The molecule has 0 aromatic heterocycles. The number of likely N-dealkylation sites (tertiary alicyclic amines) is 1. The van der Waals surface area contributed by atoms with Crippen LogP contribution in [0.1, 0.15) is 33.1 Å². The van der Waals surface area contributed by atoms with Crippen LogP contribution >= 0.6 is 0 Å². The predicted octanol–water partition coefficient (Wildman–Crippen LogP) is 1.60. The minimum Gasteiger partial charge on any atom is -0.480 e. The van der Waals surface area contributed by atoms with E-state index in [9.17, 15) is 9.59 Å². The second-order valence-corrected chi connectivity index (χ2v) is 4.51. The van der Waals surface area contributed by atoms with Crippen LogP contribution in [0.25, 0.3) is 0 Å². The summed E-state index contributed by atoms with van der Waals surface area (Å²) in [6.45, 7) is 4.88. The van der Waals surface area contributed by atoms with E-state index in [1.54, 1.807) is 0 Å². The van der Waals surface area contributed by atoms with Crippen molar-refractivity contribution in [2.24, 2.45) is 0 Å². The molecule has 2 N–H and O–H groups in total. The van der Waals surface area contributed by atoms with Crippen LogP contribution in [0.5, 0.6) is 0 Å². The molecule has 1 rings (SSSR count). The summed E-state index contributed by atoms with van der Waals surface area (Å²) >= 11 is 0. The number of carboxylic acid groups (broad SMARTS) is 1. The Kier molecular flexibility index (Phi) is 5.00. The van der Waals surface area contributed by atoms with Crippen LogP contribution in [-0.2, 0) is 4.79 Å². The zero-order valence-electron chi connectivity index (χ0n) is 10.4. The lowest BCUT2D eigenvalue weighted by Crippen LogP contribution is -2.51. The van der Waals surface area contributed by atoms with Crippen molar-refractivity contribution in [3.63, 3.8) is 0 Å². The maximum absolute atomic E-state index is 11.8. The van der Waals surface area contributed by atoms with Crippen molar-refractivity contribution >= 4 is 12.0 Å². The Balaban J connectivity index is 2.53. The Morgan fingerprint density at radius 2 is 2.12 bits per heavy atom. The molecule has 1 aliphatic rings. The van der Waals surface area contributed by atoms with Crippen LogP contribution < -0.4 is 5.32 Å². The minimum atomic E-state index is -0.915. The van der Waals surface area contributed by atoms with E-state index in [-0.39, 0.29) is 6.03 Å². The number of nitrogens with zero attached hydrogens (tertiary/aromatic N) is 1. The number of carboxylic acids is 1. The standard InChI is InChI=1S/C12H20N2O3/c1-9(2)6-7-13-12(17)14-8-4-3-5-10(14)11(15)16/h6,10H,3-5,7-8H2,1-2H3,(H,13,17)(H,15,16). The van der Waals surface area contributed by atoms with Gasteiger partial charge in [0.25, 0.3) is 0 Å². The highest BCUT2D eigenvalue weighted by atomic mass is 16.4. The summed E-state index contributed by atoms with van der Waals surface area (Å²) in [5.41, 5.74) is 1.12. The van der Waals surface area contributed by atoms with Gasteiger partial charge in [-0.05, 0) is 33.1 Å². The van der Waals surface area contributed by atoms with Crippen LogP contribution in [0.2, 0.25) is 0 Å². The smallest absolute Gasteiger partial charge is 0.326 e. The van der Waals surface area contributed by atoms with Gasteiger partial charge in [-0.1, -0.05) is 11.6 Å². The number of rotatable bonds is 3. The lowest BCUT2D eigenvalue weighted by Gasteiger charge is -2.32. The van der Waals surface area contributed by atoms with Gasteiger partial charge in [0.1, 0.15) is 6.04 Å². The van der Waals surface area contributed by atoms with Gasteiger partial charge in [0, 0.05) is 13.1 Å². The van der Waals surface area contributed by atoms with Gasteiger partial charge in [-0.2, -0.15) is 0 Å². The Bertz CT molecular complexity index is 322. The van der Waals surface area contributed by atoms with E-state index in [1.165, 1.54) is 4.90 Å². The molecule has 0 spiro atoms. The second-order valence-electron chi connectivity index (χ2n) is 4.51. The average Bonchev–Trinajstić information content (AvgIpc) is 2.28. The fourth-order valence-electron chi connectivity index (χ4n) is 1.88. The molecule has 0 saturated carbocycles. The molecular formula is C12H20N2O3. The number of piperidine rings is 1. The van der Waals surface area contributed by atoms with Crippen molar-refractivity contribution < 1.29 is 14.7 Å². The number of nitrogens with one attached hydrogen (secondary N) is 1. The number of aliphatic carboxylic acids is 1. The zero-order chi connectivity index (χ0) is 12.8. The van der Waals surface area contributed by atoms with Gasteiger partial charge in [0.15, 0.2) is 0 Å².